The second-order valence-corrected chi connectivity index (χ2v) is 4.68. The minimum atomic E-state index is 0.495. The van der Waals surface area contributed by atoms with Crippen molar-refractivity contribution in [1.29, 1.82) is 0 Å². The third kappa shape index (κ3) is 4.83. The monoisotopic (exact) mass is 243 g/mol. The highest BCUT2D eigenvalue weighted by Gasteiger charge is 2.09. The Morgan fingerprint density at radius 3 is 3.00 bits per heavy atom. The van der Waals surface area contributed by atoms with Crippen molar-refractivity contribution in [2.45, 2.75) is 25.8 Å². The fraction of sp³-hybridized carbons (Fsp3) is 0.500. The quantitative estimate of drug-likeness (QED) is 0.564. The maximum atomic E-state index is 5.57. The van der Waals surface area contributed by atoms with Gasteiger partial charge in [-0.05, 0) is 17.9 Å². The first-order valence-corrected chi connectivity index (χ1v) is 6.77. The molecular weight excluding hydrogens is 226 g/mol. The van der Waals surface area contributed by atoms with Gasteiger partial charge in [0.2, 0.25) is 0 Å². The van der Waals surface area contributed by atoms with E-state index in [1.54, 1.807) is 0 Å². The highest BCUT2D eigenvalue weighted by Crippen LogP contribution is 2.22. The lowest BCUT2D eigenvalue weighted by molar-refractivity contribution is 0.528. The van der Waals surface area contributed by atoms with E-state index in [2.05, 4.69) is 35.8 Å². The molecule has 1 rings (SSSR count). The minimum absolute atomic E-state index is 0.495. The number of allylic oxidation sites excluding steroid dienone is 1. The first kappa shape index (κ1) is 12.8. The molecule has 1 atom stereocenters. The average molecular weight is 244 g/mol. The average Bonchev–Trinajstić information content (AvgIpc) is 2.76. The van der Waals surface area contributed by atoms with Crippen molar-refractivity contribution in [3.8, 4) is 0 Å². The van der Waals surface area contributed by atoms with E-state index in [1.807, 2.05) is 17.4 Å². The lowest BCUT2D eigenvalue weighted by Gasteiger charge is -2.15. The van der Waals surface area contributed by atoms with Gasteiger partial charge >= 0.3 is 0 Å². The van der Waals surface area contributed by atoms with Crippen LogP contribution in [0.5, 0.6) is 0 Å². The van der Waals surface area contributed by atoms with E-state index in [9.17, 15) is 0 Å². The van der Waals surface area contributed by atoms with Gasteiger partial charge in [-0.1, -0.05) is 31.6 Å². The summed E-state index contributed by atoms with van der Waals surface area (Å²) < 4.78 is 0. The molecule has 0 amide bonds. The molecule has 0 aromatic carbocycles. The van der Waals surface area contributed by atoms with E-state index in [0.717, 1.165) is 6.54 Å². The first-order valence-electron chi connectivity index (χ1n) is 5.36. The molecular formula is C12H18ClNS. The van der Waals surface area contributed by atoms with Crippen LogP contribution in [0.3, 0.4) is 0 Å². The summed E-state index contributed by atoms with van der Waals surface area (Å²) in [6.45, 7) is 3.12. The highest BCUT2D eigenvalue weighted by atomic mass is 35.5. The van der Waals surface area contributed by atoms with Crippen molar-refractivity contribution in [3.63, 3.8) is 0 Å². The summed E-state index contributed by atoms with van der Waals surface area (Å²) >= 11 is 7.39. The topological polar surface area (TPSA) is 12.0 Å². The molecule has 0 bridgehead atoms. The maximum absolute atomic E-state index is 5.57. The smallest absolute Gasteiger partial charge is 0.0417 e. The molecule has 0 fully saturated rings. The lowest BCUT2D eigenvalue weighted by Crippen LogP contribution is -2.20. The Kier molecular flexibility index (Phi) is 6.73. The van der Waals surface area contributed by atoms with Crippen LogP contribution in [0.4, 0.5) is 0 Å². The summed E-state index contributed by atoms with van der Waals surface area (Å²) in [5, 5.41) is 5.66. The first-order chi connectivity index (χ1) is 7.38. The van der Waals surface area contributed by atoms with E-state index >= 15 is 0 Å². The zero-order valence-corrected chi connectivity index (χ0v) is 10.7. The van der Waals surface area contributed by atoms with Crippen LogP contribution >= 0.6 is 22.9 Å². The Bertz CT molecular complexity index is 269. The van der Waals surface area contributed by atoms with Crippen molar-refractivity contribution >= 4 is 22.9 Å². The van der Waals surface area contributed by atoms with E-state index in [-0.39, 0.29) is 0 Å². The molecule has 0 saturated heterocycles. The van der Waals surface area contributed by atoms with Gasteiger partial charge < -0.3 is 5.32 Å². The number of alkyl halides is 1. The van der Waals surface area contributed by atoms with Crippen molar-refractivity contribution in [1.82, 2.24) is 5.32 Å². The Labute approximate surface area is 101 Å². The second kappa shape index (κ2) is 7.91. The molecule has 1 nitrogen and oxygen atoms in total. The van der Waals surface area contributed by atoms with E-state index < -0.39 is 0 Å². The van der Waals surface area contributed by atoms with Crippen LogP contribution in [0.1, 0.15) is 30.7 Å². The summed E-state index contributed by atoms with van der Waals surface area (Å²) in [6, 6.07) is 4.80. The van der Waals surface area contributed by atoms with Gasteiger partial charge in [-0.25, -0.2) is 0 Å². The summed E-state index contributed by atoms with van der Waals surface area (Å²) in [5.41, 5.74) is 0. The SMILES string of the molecule is CCCC(NC/C=C/CCl)c1cccs1. The predicted octanol–water partition coefficient (Wildman–Crippen LogP) is 3.97. The minimum Gasteiger partial charge on any atom is -0.306 e. The number of thiophene rings is 1. The number of nitrogens with one attached hydrogen (secondary N) is 1. The van der Waals surface area contributed by atoms with Gasteiger partial charge in [-0.3, -0.25) is 0 Å². The maximum Gasteiger partial charge on any atom is 0.0417 e. The number of rotatable bonds is 7. The molecule has 0 aliphatic carbocycles. The van der Waals surface area contributed by atoms with Gasteiger partial charge in [0.05, 0.1) is 0 Å². The highest BCUT2D eigenvalue weighted by molar-refractivity contribution is 7.10. The van der Waals surface area contributed by atoms with Gasteiger partial charge in [0, 0.05) is 23.3 Å². The third-order valence-corrected chi connectivity index (χ3v) is 3.37. The van der Waals surface area contributed by atoms with E-state index in [1.165, 1.54) is 17.7 Å². The van der Waals surface area contributed by atoms with Crippen LogP contribution in [-0.4, -0.2) is 12.4 Å². The van der Waals surface area contributed by atoms with Crippen molar-refractivity contribution in [3.05, 3.63) is 34.5 Å². The summed E-state index contributed by atoms with van der Waals surface area (Å²) in [4.78, 5) is 1.43. The van der Waals surface area contributed by atoms with Crippen LogP contribution in [0.15, 0.2) is 29.7 Å². The molecule has 0 aliphatic heterocycles. The number of hydrogen-bond acceptors (Lipinski definition) is 2. The molecule has 0 spiro atoms. The zero-order valence-electron chi connectivity index (χ0n) is 9.08. The largest absolute Gasteiger partial charge is 0.306 e. The zero-order chi connectivity index (χ0) is 10.9. The second-order valence-electron chi connectivity index (χ2n) is 3.39. The molecule has 84 valence electrons. The van der Waals surface area contributed by atoms with Crippen LogP contribution in [0.2, 0.25) is 0 Å². The summed E-state index contributed by atoms with van der Waals surface area (Å²) in [5.74, 6) is 0.596. The number of hydrogen-bond donors (Lipinski definition) is 1. The molecule has 0 aliphatic rings. The molecule has 1 aromatic rings. The molecule has 1 unspecified atom stereocenters. The number of halogens is 1. The Balaban J connectivity index is 2.41. The molecule has 1 heterocycles. The molecule has 15 heavy (non-hydrogen) atoms. The Morgan fingerprint density at radius 2 is 2.40 bits per heavy atom. The fourth-order valence-electron chi connectivity index (χ4n) is 1.48. The van der Waals surface area contributed by atoms with Gasteiger partial charge in [-0.2, -0.15) is 0 Å². The van der Waals surface area contributed by atoms with Crippen molar-refractivity contribution in [2.24, 2.45) is 0 Å². The van der Waals surface area contributed by atoms with Crippen molar-refractivity contribution in [2.75, 3.05) is 12.4 Å². The summed E-state index contributed by atoms with van der Waals surface area (Å²) in [6.07, 6.45) is 6.46. The van der Waals surface area contributed by atoms with Crippen LogP contribution in [0, 0.1) is 0 Å². The Morgan fingerprint density at radius 1 is 1.53 bits per heavy atom. The van der Waals surface area contributed by atoms with Gasteiger partial charge in [0.25, 0.3) is 0 Å². The predicted molar refractivity (Wildman–Crippen MR) is 69.8 cm³/mol. The summed E-state index contributed by atoms with van der Waals surface area (Å²) in [7, 11) is 0. The van der Waals surface area contributed by atoms with Crippen LogP contribution in [0.25, 0.3) is 0 Å². The third-order valence-electron chi connectivity index (χ3n) is 2.20. The van der Waals surface area contributed by atoms with Gasteiger partial charge in [0.1, 0.15) is 0 Å². The molecule has 1 N–H and O–H groups in total. The standard InChI is InChI=1S/C12H18ClNS/c1-2-6-11(12-7-5-10-15-12)14-9-4-3-8-13/h3-5,7,10-11,14H,2,6,8-9H2,1H3/b4-3+. The molecule has 1 aromatic heterocycles. The van der Waals surface area contributed by atoms with Crippen LogP contribution < -0.4 is 5.32 Å². The van der Waals surface area contributed by atoms with Gasteiger partial charge in [0.15, 0.2) is 0 Å². The molecule has 0 saturated carbocycles. The normalized spacial score (nSPS) is 13.5. The van der Waals surface area contributed by atoms with Crippen molar-refractivity contribution < 1.29 is 0 Å². The van der Waals surface area contributed by atoms with E-state index in [0.29, 0.717) is 11.9 Å². The van der Waals surface area contributed by atoms with Gasteiger partial charge in [-0.15, -0.1) is 22.9 Å². The van der Waals surface area contributed by atoms with E-state index in [4.69, 9.17) is 11.6 Å². The molecule has 3 heteroatoms. The molecule has 0 radical (unpaired) electrons. The van der Waals surface area contributed by atoms with Crippen LogP contribution in [-0.2, 0) is 0 Å². The fourth-order valence-corrected chi connectivity index (χ4v) is 2.44. The lowest BCUT2D eigenvalue weighted by atomic mass is 10.1. The Hall–Kier alpha value is -0.310.